The summed E-state index contributed by atoms with van der Waals surface area (Å²) in [4.78, 5) is 0. The van der Waals surface area contributed by atoms with Crippen LogP contribution in [0, 0.1) is 0 Å². The van der Waals surface area contributed by atoms with Crippen molar-refractivity contribution < 1.29 is 10.0 Å². The molecule has 1 aliphatic carbocycles. The van der Waals surface area contributed by atoms with Crippen LogP contribution in [0.2, 0.25) is 0 Å². The van der Waals surface area contributed by atoms with Gasteiger partial charge in [-0.2, -0.15) is 0 Å². The molecule has 0 atom stereocenters. The number of fused-ring (bicyclic) bond motifs is 6. The summed E-state index contributed by atoms with van der Waals surface area (Å²) in [5.41, 5.74) is 9.88. The molecule has 5 rings (SSSR count). The highest BCUT2D eigenvalue weighted by Crippen LogP contribution is 2.36. The van der Waals surface area contributed by atoms with Gasteiger partial charge in [-0.15, -0.1) is 0 Å². The second kappa shape index (κ2) is 7.36. The van der Waals surface area contributed by atoms with E-state index in [4.69, 9.17) is 0 Å². The maximum atomic E-state index is 10.1. The zero-order valence-electron chi connectivity index (χ0n) is 16.0. The molecule has 0 amide bonds. The van der Waals surface area contributed by atoms with Gasteiger partial charge in [-0.1, -0.05) is 91.0 Å². The molecule has 0 aliphatic heterocycles. The first-order valence-electron chi connectivity index (χ1n) is 9.95. The van der Waals surface area contributed by atoms with Gasteiger partial charge in [0.2, 0.25) is 0 Å². The highest BCUT2D eigenvalue weighted by molar-refractivity contribution is 6.60. The molecule has 0 fully saturated rings. The van der Waals surface area contributed by atoms with E-state index >= 15 is 0 Å². The minimum Gasteiger partial charge on any atom is -0.423 e. The highest BCUT2D eigenvalue weighted by Gasteiger charge is 2.23. The molecule has 29 heavy (non-hydrogen) atoms. The van der Waals surface area contributed by atoms with E-state index in [1.54, 1.807) is 0 Å². The molecule has 0 unspecified atom stereocenters. The lowest BCUT2D eigenvalue weighted by Gasteiger charge is -2.22. The minimum atomic E-state index is -1.51. The summed E-state index contributed by atoms with van der Waals surface area (Å²) in [5, 5.41) is 20.2. The Morgan fingerprint density at radius 3 is 1.52 bits per heavy atom. The molecular formula is C26H21BO2. The van der Waals surface area contributed by atoms with Crippen LogP contribution in [0.15, 0.2) is 91.0 Å². The van der Waals surface area contributed by atoms with Crippen LogP contribution in [0.5, 0.6) is 0 Å². The summed E-state index contributed by atoms with van der Waals surface area (Å²) in [6, 6.07) is 31.2. The Hall–Kier alpha value is -3.14. The van der Waals surface area contributed by atoms with Crippen molar-refractivity contribution in [1.82, 2.24) is 0 Å². The van der Waals surface area contributed by atoms with Gasteiger partial charge in [0, 0.05) is 0 Å². The van der Waals surface area contributed by atoms with Gasteiger partial charge in [0.05, 0.1) is 0 Å². The van der Waals surface area contributed by atoms with Gasteiger partial charge < -0.3 is 10.0 Å². The predicted molar refractivity (Wildman–Crippen MR) is 119 cm³/mol. The van der Waals surface area contributed by atoms with E-state index in [2.05, 4.69) is 72.8 Å². The maximum absolute atomic E-state index is 10.1. The molecular weight excluding hydrogens is 355 g/mol. The van der Waals surface area contributed by atoms with Gasteiger partial charge in [-0.05, 0) is 62.8 Å². The Balaban J connectivity index is 1.86. The fourth-order valence-corrected chi connectivity index (χ4v) is 4.51. The Morgan fingerprint density at radius 1 is 0.483 bits per heavy atom. The lowest BCUT2D eigenvalue weighted by molar-refractivity contribution is 0.426. The molecule has 0 heterocycles. The molecule has 1 aliphatic rings. The Labute approximate surface area is 171 Å². The Bertz CT molecular complexity index is 1200. The summed E-state index contributed by atoms with van der Waals surface area (Å²) in [7, 11) is -1.51. The largest absolute Gasteiger partial charge is 0.489 e. The average molecular weight is 376 g/mol. The monoisotopic (exact) mass is 376 g/mol. The normalized spacial score (nSPS) is 12.2. The second-order valence-electron chi connectivity index (χ2n) is 7.58. The zero-order valence-corrected chi connectivity index (χ0v) is 16.0. The van der Waals surface area contributed by atoms with Crippen LogP contribution in [-0.4, -0.2) is 17.2 Å². The minimum absolute atomic E-state index is 0.557. The highest BCUT2D eigenvalue weighted by atomic mass is 16.4. The van der Waals surface area contributed by atoms with Gasteiger partial charge in [-0.3, -0.25) is 0 Å². The zero-order chi connectivity index (χ0) is 19.8. The molecule has 140 valence electrons. The van der Waals surface area contributed by atoms with Crippen molar-refractivity contribution in [3.63, 3.8) is 0 Å². The SMILES string of the molecule is OB(O)c1cccc2c1-c1ccccc1Cc1ccccc1-c1ccccc1C2. The molecule has 0 aromatic heterocycles. The third-order valence-electron chi connectivity index (χ3n) is 5.83. The van der Waals surface area contributed by atoms with Crippen molar-refractivity contribution in [2.45, 2.75) is 12.8 Å². The van der Waals surface area contributed by atoms with Crippen molar-refractivity contribution in [2.75, 3.05) is 0 Å². The first kappa shape index (κ1) is 17.9. The van der Waals surface area contributed by atoms with Crippen molar-refractivity contribution in [3.8, 4) is 22.3 Å². The average Bonchev–Trinajstić information content (AvgIpc) is 2.75. The van der Waals surface area contributed by atoms with E-state index < -0.39 is 7.12 Å². The summed E-state index contributed by atoms with van der Waals surface area (Å²) in [6.45, 7) is 0. The van der Waals surface area contributed by atoms with Crippen molar-refractivity contribution in [3.05, 3.63) is 113 Å². The van der Waals surface area contributed by atoms with E-state index in [1.165, 1.54) is 27.8 Å². The van der Waals surface area contributed by atoms with Crippen molar-refractivity contribution in [2.24, 2.45) is 0 Å². The number of benzene rings is 4. The smallest absolute Gasteiger partial charge is 0.423 e. The van der Waals surface area contributed by atoms with Gasteiger partial charge in [0.1, 0.15) is 0 Å². The summed E-state index contributed by atoms with van der Waals surface area (Å²) in [5.74, 6) is 0. The topological polar surface area (TPSA) is 40.5 Å². The fraction of sp³-hybridized carbons (Fsp3) is 0.0769. The van der Waals surface area contributed by atoms with E-state index in [0.29, 0.717) is 5.46 Å². The van der Waals surface area contributed by atoms with Crippen LogP contribution in [0.4, 0.5) is 0 Å². The van der Waals surface area contributed by atoms with Crippen LogP contribution < -0.4 is 5.46 Å². The van der Waals surface area contributed by atoms with Gasteiger partial charge in [-0.25, -0.2) is 0 Å². The maximum Gasteiger partial charge on any atom is 0.489 e. The molecule has 0 spiro atoms. The lowest BCUT2D eigenvalue weighted by Crippen LogP contribution is -2.32. The molecule has 0 bridgehead atoms. The van der Waals surface area contributed by atoms with Crippen molar-refractivity contribution in [1.29, 1.82) is 0 Å². The van der Waals surface area contributed by atoms with Crippen LogP contribution in [0.1, 0.15) is 22.3 Å². The summed E-state index contributed by atoms with van der Waals surface area (Å²) >= 11 is 0. The van der Waals surface area contributed by atoms with Crippen LogP contribution >= 0.6 is 0 Å². The van der Waals surface area contributed by atoms with E-state index in [9.17, 15) is 10.0 Å². The number of rotatable bonds is 1. The van der Waals surface area contributed by atoms with Gasteiger partial charge >= 0.3 is 7.12 Å². The van der Waals surface area contributed by atoms with Gasteiger partial charge in [0.15, 0.2) is 0 Å². The second-order valence-corrected chi connectivity index (χ2v) is 7.58. The molecule has 0 saturated heterocycles. The molecule has 0 radical (unpaired) electrons. The molecule has 2 nitrogen and oxygen atoms in total. The number of hydrogen-bond donors (Lipinski definition) is 2. The third-order valence-corrected chi connectivity index (χ3v) is 5.83. The number of hydrogen-bond acceptors (Lipinski definition) is 2. The van der Waals surface area contributed by atoms with Crippen LogP contribution in [-0.2, 0) is 12.8 Å². The first-order valence-corrected chi connectivity index (χ1v) is 9.95. The predicted octanol–water partition coefficient (Wildman–Crippen LogP) is 4.20. The summed E-state index contributed by atoms with van der Waals surface area (Å²) in [6.07, 6.45) is 1.52. The fourth-order valence-electron chi connectivity index (χ4n) is 4.51. The molecule has 4 aromatic carbocycles. The quantitative estimate of drug-likeness (QED) is 0.431. The van der Waals surface area contributed by atoms with Crippen LogP contribution in [0.3, 0.4) is 0 Å². The first-order chi connectivity index (χ1) is 14.2. The van der Waals surface area contributed by atoms with E-state index in [1.807, 2.05) is 18.2 Å². The van der Waals surface area contributed by atoms with Crippen LogP contribution in [0.25, 0.3) is 22.3 Å². The van der Waals surface area contributed by atoms with E-state index in [-0.39, 0.29) is 0 Å². The molecule has 4 aromatic rings. The summed E-state index contributed by atoms with van der Waals surface area (Å²) < 4.78 is 0. The molecule has 2 N–H and O–H groups in total. The third kappa shape index (κ3) is 3.19. The van der Waals surface area contributed by atoms with E-state index in [0.717, 1.165) is 29.5 Å². The Kier molecular flexibility index (Phi) is 4.55. The molecule has 0 saturated carbocycles. The van der Waals surface area contributed by atoms with Crippen molar-refractivity contribution >= 4 is 12.6 Å². The Morgan fingerprint density at radius 2 is 0.931 bits per heavy atom. The molecule has 3 heteroatoms. The lowest BCUT2D eigenvalue weighted by atomic mass is 9.72. The standard InChI is InChI=1S/C26H21BO2/c28-27(29)25-15-7-11-21-17-19-9-2-5-13-23(19)22-12-4-1-8-18(22)16-20-10-3-6-14-24(20)26(21)25/h1-15,28-29H,16-17H2. The van der Waals surface area contributed by atoms with Gasteiger partial charge in [0.25, 0.3) is 0 Å².